The summed E-state index contributed by atoms with van der Waals surface area (Å²) < 4.78 is 9.74. The largest absolute Gasteiger partial charge is 0.494 e. The van der Waals surface area contributed by atoms with Gasteiger partial charge in [-0.3, -0.25) is 0 Å². The number of methoxy groups -OCH3 is 1. The van der Waals surface area contributed by atoms with E-state index in [1.54, 1.807) is 13.4 Å². The van der Waals surface area contributed by atoms with Crippen LogP contribution >= 0.6 is 0 Å². The third-order valence-corrected chi connectivity index (χ3v) is 0.910. The van der Waals surface area contributed by atoms with Crippen LogP contribution in [-0.2, 0) is 9.47 Å². The van der Waals surface area contributed by atoms with Crippen molar-refractivity contribution in [2.24, 2.45) is 0 Å². The van der Waals surface area contributed by atoms with E-state index in [0.29, 0.717) is 6.61 Å². The molecule has 0 spiro atoms. The average molecular weight is 112 g/mol. The fourth-order valence-electron chi connectivity index (χ4n) is 0.506. The standard InChI is InChI=1S/C6H8O2/c1-7-6-3-2-4-8-5-6/h2-3,5H,4H2,1H3. The van der Waals surface area contributed by atoms with Gasteiger partial charge >= 0.3 is 0 Å². The maximum atomic E-state index is 4.90. The van der Waals surface area contributed by atoms with E-state index in [9.17, 15) is 0 Å². The van der Waals surface area contributed by atoms with Gasteiger partial charge in [-0.25, -0.2) is 0 Å². The van der Waals surface area contributed by atoms with Gasteiger partial charge in [-0.2, -0.15) is 0 Å². The van der Waals surface area contributed by atoms with Crippen molar-refractivity contribution in [1.29, 1.82) is 0 Å². The molecular weight excluding hydrogens is 104 g/mol. The second-order valence-corrected chi connectivity index (χ2v) is 1.46. The molecule has 0 saturated carbocycles. The molecule has 0 radical (unpaired) electrons. The zero-order valence-corrected chi connectivity index (χ0v) is 4.76. The molecule has 1 rings (SSSR count). The van der Waals surface area contributed by atoms with Crippen molar-refractivity contribution < 1.29 is 9.47 Å². The van der Waals surface area contributed by atoms with Crippen molar-refractivity contribution in [3.63, 3.8) is 0 Å². The third kappa shape index (κ3) is 1.03. The molecule has 0 bridgehead atoms. The van der Waals surface area contributed by atoms with Crippen LogP contribution in [0.15, 0.2) is 24.2 Å². The van der Waals surface area contributed by atoms with E-state index in [4.69, 9.17) is 9.47 Å². The highest BCUT2D eigenvalue weighted by molar-refractivity contribution is 5.12. The smallest absolute Gasteiger partial charge is 0.153 e. The average Bonchev–Trinajstić information content (AvgIpc) is 1.90. The van der Waals surface area contributed by atoms with Gasteiger partial charge < -0.3 is 9.47 Å². The predicted molar refractivity (Wildman–Crippen MR) is 30.2 cm³/mol. The molecule has 0 fully saturated rings. The van der Waals surface area contributed by atoms with E-state index < -0.39 is 0 Å². The summed E-state index contributed by atoms with van der Waals surface area (Å²) in [6, 6.07) is 0. The fourth-order valence-corrected chi connectivity index (χ4v) is 0.506. The lowest BCUT2D eigenvalue weighted by Gasteiger charge is -2.04. The Hall–Kier alpha value is -0.920. The molecule has 0 N–H and O–H groups in total. The molecule has 0 aliphatic carbocycles. The summed E-state index contributed by atoms with van der Waals surface area (Å²) >= 11 is 0. The van der Waals surface area contributed by atoms with E-state index >= 15 is 0 Å². The molecule has 1 heterocycles. The Labute approximate surface area is 48.4 Å². The highest BCUT2D eigenvalue weighted by atomic mass is 16.5. The normalized spacial score (nSPS) is 16.9. The summed E-state index contributed by atoms with van der Waals surface area (Å²) in [5.74, 6) is 0.774. The summed E-state index contributed by atoms with van der Waals surface area (Å²) in [4.78, 5) is 0. The number of allylic oxidation sites excluding steroid dienone is 1. The van der Waals surface area contributed by atoms with Crippen molar-refractivity contribution >= 4 is 0 Å². The minimum absolute atomic E-state index is 0.660. The first-order valence-electron chi connectivity index (χ1n) is 2.46. The minimum atomic E-state index is 0.660. The Kier molecular flexibility index (Phi) is 1.57. The zero-order valence-electron chi connectivity index (χ0n) is 4.76. The van der Waals surface area contributed by atoms with Crippen LogP contribution in [0.2, 0.25) is 0 Å². The number of ether oxygens (including phenoxy) is 2. The first kappa shape index (κ1) is 5.22. The second-order valence-electron chi connectivity index (χ2n) is 1.46. The molecule has 0 aromatic rings. The quantitative estimate of drug-likeness (QED) is 0.505. The highest BCUT2D eigenvalue weighted by Crippen LogP contribution is 2.02. The van der Waals surface area contributed by atoms with Crippen LogP contribution in [0.4, 0.5) is 0 Å². The molecule has 0 amide bonds. The number of hydrogen-bond donors (Lipinski definition) is 0. The van der Waals surface area contributed by atoms with Gasteiger partial charge in [-0.1, -0.05) is 0 Å². The van der Waals surface area contributed by atoms with Crippen LogP contribution < -0.4 is 0 Å². The second kappa shape index (κ2) is 2.40. The van der Waals surface area contributed by atoms with E-state index in [1.165, 1.54) is 0 Å². The first-order valence-corrected chi connectivity index (χ1v) is 2.46. The summed E-state index contributed by atoms with van der Waals surface area (Å²) in [6.45, 7) is 0.660. The van der Waals surface area contributed by atoms with Crippen LogP contribution in [0.1, 0.15) is 0 Å². The lowest BCUT2D eigenvalue weighted by Crippen LogP contribution is -1.92. The van der Waals surface area contributed by atoms with E-state index in [-0.39, 0.29) is 0 Å². The molecule has 0 saturated heterocycles. The van der Waals surface area contributed by atoms with Crippen molar-refractivity contribution in [1.82, 2.24) is 0 Å². The molecule has 0 aromatic heterocycles. The summed E-state index contributed by atoms with van der Waals surface area (Å²) in [6.07, 6.45) is 5.38. The van der Waals surface area contributed by atoms with E-state index in [2.05, 4.69) is 0 Å². The van der Waals surface area contributed by atoms with Gasteiger partial charge in [0.25, 0.3) is 0 Å². The van der Waals surface area contributed by atoms with Gasteiger partial charge in [0.05, 0.1) is 7.11 Å². The van der Waals surface area contributed by atoms with Crippen molar-refractivity contribution in [2.45, 2.75) is 0 Å². The topological polar surface area (TPSA) is 18.5 Å². The van der Waals surface area contributed by atoms with Crippen molar-refractivity contribution in [2.75, 3.05) is 13.7 Å². The highest BCUT2D eigenvalue weighted by Gasteiger charge is 1.92. The number of rotatable bonds is 1. The molecule has 1 aliphatic heterocycles. The van der Waals surface area contributed by atoms with Gasteiger partial charge in [0, 0.05) is 0 Å². The molecule has 0 aromatic carbocycles. The van der Waals surface area contributed by atoms with Gasteiger partial charge in [-0.05, 0) is 12.2 Å². The molecule has 44 valence electrons. The minimum Gasteiger partial charge on any atom is -0.494 e. The van der Waals surface area contributed by atoms with Crippen LogP contribution in [0.5, 0.6) is 0 Å². The van der Waals surface area contributed by atoms with E-state index in [0.717, 1.165) is 5.76 Å². The Bertz CT molecular complexity index is 124. The molecular formula is C6H8O2. The Morgan fingerprint density at radius 1 is 1.75 bits per heavy atom. The Balaban J connectivity index is 2.51. The predicted octanol–water partition coefficient (Wildman–Crippen LogP) is 1.06. The summed E-state index contributed by atoms with van der Waals surface area (Å²) in [5, 5.41) is 0. The van der Waals surface area contributed by atoms with Crippen molar-refractivity contribution in [3.8, 4) is 0 Å². The molecule has 0 unspecified atom stereocenters. The van der Waals surface area contributed by atoms with E-state index in [1.807, 2.05) is 12.2 Å². The Morgan fingerprint density at radius 2 is 2.62 bits per heavy atom. The maximum absolute atomic E-state index is 4.90. The third-order valence-electron chi connectivity index (χ3n) is 0.910. The van der Waals surface area contributed by atoms with Crippen molar-refractivity contribution in [3.05, 3.63) is 24.2 Å². The van der Waals surface area contributed by atoms with Gasteiger partial charge in [0.2, 0.25) is 0 Å². The Morgan fingerprint density at radius 3 is 3.00 bits per heavy atom. The molecule has 8 heavy (non-hydrogen) atoms. The molecule has 1 aliphatic rings. The van der Waals surface area contributed by atoms with Crippen LogP contribution in [0.25, 0.3) is 0 Å². The van der Waals surface area contributed by atoms with Crippen LogP contribution in [-0.4, -0.2) is 13.7 Å². The van der Waals surface area contributed by atoms with Gasteiger partial charge in [0.15, 0.2) is 5.76 Å². The monoisotopic (exact) mass is 112 g/mol. The van der Waals surface area contributed by atoms with Gasteiger partial charge in [-0.15, -0.1) is 0 Å². The lowest BCUT2D eigenvalue weighted by molar-refractivity contribution is 0.230. The lowest BCUT2D eigenvalue weighted by atomic mass is 10.4. The molecule has 2 heteroatoms. The van der Waals surface area contributed by atoms with Gasteiger partial charge in [0.1, 0.15) is 12.9 Å². The summed E-state index contributed by atoms with van der Waals surface area (Å²) in [5.41, 5.74) is 0. The van der Waals surface area contributed by atoms with Crippen LogP contribution in [0, 0.1) is 0 Å². The maximum Gasteiger partial charge on any atom is 0.153 e. The number of hydrogen-bond acceptors (Lipinski definition) is 2. The SMILES string of the molecule is COC1=COCC=C1. The van der Waals surface area contributed by atoms with Crippen LogP contribution in [0.3, 0.4) is 0 Å². The fraction of sp³-hybridized carbons (Fsp3) is 0.333. The zero-order chi connectivity index (χ0) is 5.82. The summed E-state index contributed by atoms with van der Waals surface area (Å²) in [7, 11) is 1.62. The molecule has 2 nitrogen and oxygen atoms in total. The molecule has 0 atom stereocenters. The first-order chi connectivity index (χ1) is 3.93.